The number of para-hydroxylation sites is 1. The van der Waals surface area contributed by atoms with Crippen LogP contribution < -0.4 is 21.7 Å². The largest absolute Gasteiger partial charge is 0.508 e. The second-order valence-electron chi connectivity index (χ2n) is 10.1. The number of H-pyrrole nitrogens is 1. The molecule has 4 unspecified atom stereocenters. The van der Waals surface area contributed by atoms with Crippen molar-refractivity contribution in [3.05, 3.63) is 65.9 Å². The minimum atomic E-state index is -1.15. The fraction of sp³-hybridized carbons (Fsp3) is 0.400. The molecule has 0 aliphatic carbocycles. The van der Waals surface area contributed by atoms with Crippen LogP contribution in [0.5, 0.6) is 5.75 Å². The number of amides is 3. The number of hydrogen-bond donors (Lipinski definition) is 7. The van der Waals surface area contributed by atoms with Crippen molar-refractivity contribution >= 4 is 58.1 Å². The lowest BCUT2D eigenvalue weighted by Gasteiger charge is -2.25. The van der Waals surface area contributed by atoms with E-state index in [9.17, 15) is 29.4 Å². The Hall–Kier alpha value is -3.68. The van der Waals surface area contributed by atoms with Crippen molar-refractivity contribution in [2.75, 3.05) is 24.0 Å². The number of phenols is 1. The first-order chi connectivity index (χ1) is 20.6. The van der Waals surface area contributed by atoms with Gasteiger partial charge in [0.05, 0.1) is 6.04 Å². The molecule has 8 N–H and O–H groups in total. The van der Waals surface area contributed by atoms with E-state index in [2.05, 4.69) is 20.9 Å². The van der Waals surface area contributed by atoms with Crippen LogP contribution in [0.2, 0.25) is 0 Å². The monoisotopic (exact) mass is 629 g/mol. The van der Waals surface area contributed by atoms with E-state index in [0.29, 0.717) is 17.1 Å². The molecule has 4 atom stereocenters. The van der Waals surface area contributed by atoms with Crippen LogP contribution in [0, 0.1) is 0 Å². The van der Waals surface area contributed by atoms with Crippen LogP contribution in [0.25, 0.3) is 10.9 Å². The van der Waals surface area contributed by atoms with E-state index < -0.39 is 47.9 Å². The van der Waals surface area contributed by atoms with E-state index in [4.69, 9.17) is 5.73 Å². The fourth-order valence-corrected chi connectivity index (χ4v) is 5.47. The highest BCUT2D eigenvalue weighted by atomic mass is 32.2. The molecule has 0 fully saturated rings. The van der Waals surface area contributed by atoms with E-state index >= 15 is 0 Å². The zero-order valence-corrected chi connectivity index (χ0v) is 25.8. The minimum Gasteiger partial charge on any atom is -0.508 e. The molecule has 2 aromatic carbocycles. The Balaban J connectivity index is 1.77. The van der Waals surface area contributed by atoms with Crippen molar-refractivity contribution in [3.8, 4) is 5.75 Å². The Labute approximate surface area is 259 Å². The van der Waals surface area contributed by atoms with Crippen molar-refractivity contribution in [2.24, 2.45) is 5.73 Å². The molecule has 232 valence electrons. The Morgan fingerprint density at radius 1 is 0.814 bits per heavy atom. The van der Waals surface area contributed by atoms with E-state index in [-0.39, 0.29) is 31.4 Å². The number of aromatic nitrogens is 1. The highest BCUT2D eigenvalue weighted by Crippen LogP contribution is 2.19. The van der Waals surface area contributed by atoms with Crippen molar-refractivity contribution in [3.63, 3.8) is 0 Å². The highest BCUT2D eigenvalue weighted by Gasteiger charge is 2.30. The molecule has 1 aromatic heterocycles. The quantitative estimate of drug-likeness (QED) is 0.117. The van der Waals surface area contributed by atoms with Gasteiger partial charge in [-0.25, -0.2) is 4.79 Å². The van der Waals surface area contributed by atoms with Crippen molar-refractivity contribution in [2.45, 2.75) is 49.9 Å². The first kappa shape index (κ1) is 33.8. The van der Waals surface area contributed by atoms with Gasteiger partial charge in [-0.1, -0.05) is 30.3 Å². The van der Waals surface area contributed by atoms with Gasteiger partial charge in [0.2, 0.25) is 17.7 Å². The number of carboxylic acid groups (broad SMARTS) is 1. The first-order valence-electron chi connectivity index (χ1n) is 13.8. The number of fused-ring (bicyclic) bond motifs is 1. The number of hydrogen-bond acceptors (Lipinski definition) is 8. The molecule has 0 saturated carbocycles. The second-order valence-corrected chi connectivity index (χ2v) is 12.1. The Morgan fingerprint density at radius 3 is 2.05 bits per heavy atom. The molecule has 0 aliphatic heterocycles. The summed E-state index contributed by atoms with van der Waals surface area (Å²) in [5.41, 5.74) is 8.73. The van der Waals surface area contributed by atoms with Gasteiger partial charge >= 0.3 is 5.97 Å². The summed E-state index contributed by atoms with van der Waals surface area (Å²) in [7, 11) is 0. The number of aromatic amines is 1. The Bertz CT molecular complexity index is 1380. The van der Waals surface area contributed by atoms with Gasteiger partial charge in [0, 0.05) is 23.5 Å². The van der Waals surface area contributed by atoms with Gasteiger partial charge in [-0.2, -0.15) is 23.5 Å². The first-order valence-corrected chi connectivity index (χ1v) is 16.6. The summed E-state index contributed by atoms with van der Waals surface area (Å²) < 4.78 is 0. The number of carbonyl (C=O) groups excluding carboxylic acids is 3. The van der Waals surface area contributed by atoms with Crippen LogP contribution in [0.15, 0.2) is 54.7 Å². The Morgan fingerprint density at radius 2 is 1.40 bits per heavy atom. The molecule has 3 rings (SSSR count). The zero-order chi connectivity index (χ0) is 31.4. The summed E-state index contributed by atoms with van der Waals surface area (Å²) in [5.74, 6) is -1.79. The van der Waals surface area contributed by atoms with Crippen molar-refractivity contribution < 1.29 is 29.4 Å². The summed E-state index contributed by atoms with van der Waals surface area (Å²) in [5, 5.41) is 28.2. The van der Waals surface area contributed by atoms with Crippen LogP contribution in [0.1, 0.15) is 24.0 Å². The number of carbonyl (C=O) groups is 4. The smallest absolute Gasteiger partial charge is 0.326 e. The van der Waals surface area contributed by atoms with Gasteiger partial charge in [-0.05, 0) is 72.6 Å². The number of benzene rings is 2. The van der Waals surface area contributed by atoms with Gasteiger partial charge in [-0.15, -0.1) is 0 Å². The van der Waals surface area contributed by atoms with Crippen molar-refractivity contribution in [1.82, 2.24) is 20.9 Å². The average Bonchev–Trinajstić information content (AvgIpc) is 3.40. The lowest BCUT2D eigenvalue weighted by molar-refractivity contribution is -0.142. The predicted octanol–water partition coefficient (Wildman–Crippen LogP) is 2.03. The minimum absolute atomic E-state index is 0.0535. The van der Waals surface area contributed by atoms with Gasteiger partial charge in [-0.3, -0.25) is 14.4 Å². The van der Waals surface area contributed by atoms with Gasteiger partial charge in [0.1, 0.15) is 23.9 Å². The maximum atomic E-state index is 13.6. The third kappa shape index (κ3) is 10.2. The molecule has 0 bridgehead atoms. The molecule has 0 aliphatic rings. The molecule has 0 radical (unpaired) electrons. The molecule has 0 spiro atoms. The molecule has 13 heteroatoms. The predicted molar refractivity (Wildman–Crippen MR) is 171 cm³/mol. The lowest BCUT2D eigenvalue weighted by atomic mass is 10.0. The third-order valence-electron chi connectivity index (χ3n) is 6.93. The van der Waals surface area contributed by atoms with Crippen LogP contribution in [-0.4, -0.2) is 87.1 Å². The average molecular weight is 630 g/mol. The topological polar surface area (TPSA) is 187 Å². The lowest BCUT2D eigenvalue weighted by Crippen LogP contribution is -2.58. The number of aromatic hydroxyl groups is 1. The number of nitrogens with one attached hydrogen (secondary N) is 4. The van der Waals surface area contributed by atoms with E-state index in [0.717, 1.165) is 16.5 Å². The molecule has 3 amide bonds. The summed E-state index contributed by atoms with van der Waals surface area (Å²) in [6.45, 7) is 0. The number of carboxylic acids is 1. The molecule has 1 heterocycles. The fourth-order valence-electron chi connectivity index (χ4n) is 4.53. The summed E-state index contributed by atoms with van der Waals surface area (Å²) in [6, 6.07) is 9.71. The van der Waals surface area contributed by atoms with Crippen LogP contribution in [-0.2, 0) is 32.0 Å². The molecule has 43 heavy (non-hydrogen) atoms. The normalized spacial score (nSPS) is 13.9. The van der Waals surface area contributed by atoms with Gasteiger partial charge in [0.25, 0.3) is 0 Å². The maximum absolute atomic E-state index is 13.6. The Kier molecular flexibility index (Phi) is 13.2. The maximum Gasteiger partial charge on any atom is 0.326 e. The molecule has 3 aromatic rings. The van der Waals surface area contributed by atoms with Crippen LogP contribution in [0.3, 0.4) is 0 Å². The van der Waals surface area contributed by atoms with E-state index in [1.54, 1.807) is 18.3 Å². The number of thioether (sulfide) groups is 2. The zero-order valence-electron chi connectivity index (χ0n) is 24.2. The number of nitrogens with two attached hydrogens (primary N) is 1. The number of rotatable bonds is 17. The SMILES string of the molecule is CSCCC(NC(=O)C(CCSC)NC(=O)C(Cc1ccc(O)cc1)NC(=O)C(N)Cc1c[nH]c2ccccc12)C(=O)O. The summed E-state index contributed by atoms with van der Waals surface area (Å²) in [6.07, 6.45) is 6.30. The highest BCUT2D eigenvalue weighted by molar-refractivity contribution is 7.98. The summed E-state index contributed by atoms with van der Waals surface area (Å²) in [4.78, 5) is 54.9. The standard InChI is InChI=1S/C30H39N5O6S2/c1-42-13-11-24(28(38)34-25(30(40)41)12-14-43-2)33-29(39)26(15-18-7-9-20(36)10-8-18)35-27(37)22(31)16-19-17-32-23-6-4-3-5-21(19)23/h3-10,17,22,24-26,32,36H,11-16,31H2,1-2H3,(H,33,39)(H,34,38)(H,35,37)(H,40,41). The van der Waals surface area contributed by atoms with Crippen LogP contribution in [0.4, 0.5) is 0 Å². The van der Waals surface area contributed by atoms with E-state index in [1.807, 2.05) is 36.8 Å². The second kappa shape index (κ2) is 16.8. The van der Waals surface area contributed by atoms with E-state index in [1.165, 1.54) is 35.7 Å². The number of aliphatic carboxylic acids is 1. The van der Waals surface area contributed by atoms with Gasteiger partial charge in [0.15, 0.2) is 0 Å². The molecular formula is C30H39N5O6S2. The van der Waals surface area contributed by atoms with Crippen LogP contribution >= 0.6 is 23.5 Å². The molecular weight excluding hydrogens is 590 g/mol. The molecule has 11 nitrogen and oxygen atoms in total. The summed E-state index contributed by atoms with van der Waals surface area (Å²) >= 11 is 2.95. The third-order valence-corrected chi connectivity index (χ3v) is 8.22. The number of phenolic OH excluding ortho intramolecular Hbond substituents is 1. The molecule has 0 saturated heterocycles. The van der Waals surface area contributed by atoms with Gasteiger partial charge < -0.3 is 36.9 Å². The van der Waals surface area contributed by atoms with Crippen molar-refractivity contribution in [1.29, 1.82) is 0 Å².